The van der Waals surface area contributed by atoms with Crippen molar-refractivity contribution in [2.45, 2.75) is 6.92 Å². The van der Waals surface area contributed by atoms with E-state index >= 15 is 0 Å². The molecule has 0 spiro atoms. The molecule has 1 heteroatoms. The van der Waals surface area contributed by atoms with Crippen molar-refractivity contribution in [2.75, 3.05) is 0 Å². The van der Waals surface area contributed by atoms with Crippen LogP contribution in [0, 0.1) is 0 Å². The lowest BCUT2D eigenvalue weighted by Crippen LogP contribution is -1.74. The van der Waals surface area contributed by atoms with Crippen LogP contribution >= 0.6 is 0 Å². The zero-order valence-electron chi connectivity index (χ0n) is 5.96. The van der Waals surface area contributed by atoms with Crippen LogP contribution < -0.4 is 0 Å². The molecule has 0 radical (unpaired) electrons. The fourth-order valence-electron chi connectivity index (χ4n) is 0.771. The number of phenols is 1. The van der Waals surface area contributed by atoms with E-state index in [1.54, 1.807) is 18.2 Å². The van der Waals surface area contributed by atoms with Gasteiger partial charge < -0.3 is 5.11 Å². The van der Waals surface area contributed by atoms with E-state index in [9.17, 15) is 0 Å². The van der Waals surface area contributed by atoms with Crippen molar-refractivity contribution in [2.24, 2.45) is 0 Å². The Hall–Kier alpha value is -1.24. The molecule has 1 nitrogen and oxygen atoms in total. The second-order valence-corrected chi connectivity index (χ2v) is 2.33. The maximum atomic E-state index is 9.02. The summed E-state index contributed by atoms with van der Waals surface area (Å²) in [7, 11) is 0. The third-order valence-corrected chi connectivity index (χ3v) is 1.34. The SMILES string of the molecule is C=C(C)c1cccc(O)c1. The molecule has 1 N–H and O–H groups in total. The van der Waals surface area contributed by atoms with Gasteiger partial charge in [-0.3, -0.25) is 0 Å². The molecule has 0 aromatic heterocycles. The molecule has 0 saturated heterocycles. The van der Waals surface area contributed by atoms with Crippen LogP contribution in [-0.4, -0.2) is 5.11 Å². The lowest BCUT2D eigenvalue weighted by Gasteiger charge is -1.98. The highest BCUT2D eigenvalue weighted by Crippen LogP contribution is 2.16. The summed E-state index contributed by atoms with van der Waals surface area (Å²) in [6, 6.07) is 7.07. The maximum Gasteiger partial charge on any atom is 0.116 e. The van der Waals surface area contributed by atoms with Gasteiger partial charge in [-0.15, -0.1) is 0 Å². The highest BCUT2D eigenvalue weighted by molar-refractivity contribution is 5.62. The van der Waals surface area contributed by atoms with Crippen LogP contribution in [0.2, 0.25) is 0 Å². The second kappa shape index (κ2) is 2.56. The van der Waals surface area contributed by atoms with Crippen molar-refractivity contribution >= 4 is 5.57 Å². The number of hydrogen-bond donors (Lipinski definition) is 1. The van der Waals surface area contributed by atoms with Gasteiger partial charge in [0.2, 0.25) is 0 Å². The van der Waals surface area contributed by atoms with Crippen LogP contribution in [-0.2, 0) is 0 Å². The molecule has 0 aliphatic carbocycles. The Bertz CT molecular complexity index is 251. The Morgan fingerprint density at radius 2 is 2.20 bits per heavy atom. The Kier molecular flexibility index (Phi) is 1.76. The monoisotopic (exact) mass is 134 g/mol. The summed E-state index contributed by atoms with van der Waals surface area (Å²) in [4.78, 5) is 0. The molecule has 0 aliphatic rings. The molecule has 0 amide bonds. The van der Waals surface area contributed by atoms with Gasteiger partial charge in [0, 0.05) is 0 Å². The van der Waals surface area contributed by atoms with Gasteiger partial charge in [0.25, 0.3) is 0 Å². The third kappa shape index (κ3) is 1.38. The third-order valence-electron chi connectivity index (χ3n) is 1.34. The molecule has 1 aromatic rings. The van der Waals surface area contributed by atoms with Crippen molar-refractivity contribution in [3.05, 3.63) is 36.4 Å². The lowest BCUT2D eigenvalue weighted by molar-refractivity contribution is 0.475. The maximum absolute atomic E-state index is 9.02. The van der Waals surface area contributed by atoms with Crippen molar-refractivity contribution < 1.29 is 5.11 Å². The topological polar surface area (TPSA) is 20.2 Å². The molecule has 0 saturated carbocycles. The first-order valence-corrected chi connectivity index (χ1v) is 3.15. The number of benzene rings is 1. The van der Waals surface area contributed by atoms with E-state index < -0.39 is 0 Å². The lowest BCUT2D eigenvalue weighted by atomic mass is 10.1. The number of phenolic OH excluding ortho intramolecular Hbond substituents is 1. The molecule has 10 heavy (non-hydrogen) atoms. The van der Waals surface area contributed by atoms with E-state index in [-0.39, 0.29) is 0 Å². The zero-order valence-corrected chi connectivity index (χ0v) is 5.96. The van der Waals surface area contributed by atoms with Crippen molar-refractivity contribution in [3.63, 3.8) is 0 Å². The number of aromatic hydroxyl groups is 1. The van der Waals surface area contributed by atoms with Crippen LogP contribution in [0.1, 0.15) is 12.5 Å². The zero-order chi connectivity index (χ0) is 7.56. The summed E-state index contributed by atoms with van der Waals surface area (Å²) in [5, 5.41) is 9.02. The van der Waals surface area contributed by atoms with Gasteiger partial charge in [-0.1, -0.05) is 24.3 Å². The normalized spacial score (nSPS) is 9.30. The quantitative estimate of drug-likeness (QED) is 0.625. The van der Waals surface area contributed by atoms with Gasteiger partial charge in [0.15, 0.2) is 0 Å². The first-order chi connectivity index (χ1) is 4.70. The van der Waals surface area contributed by atoms with Crippen LogP contribution in [0.5, 0.6) is 5.75 Å². The van der Waals surface area contributed by atoms with E-state index in [1.165, 1.54) is 0 Å². The average Bonchev–Trinajstić information content (AvgIpc) is 1.88. The first-order valence-electron chi connectivity index (χ1n) is 3.15. The predicted octanol–water partition coefficient (Wildman–Crippen LogP) is 2.43. The number of allylic oxidation sites excluding steroid dienone is 1. The standard InChI is InChI=1S/C9H10O/c1-7(2)8-4-3-5-9(10)6-8/h3-6,10H,1H2,2H3. The summed E-state index contributed by atoms with van der Waals surface area (Å²) in [6.07, 6.45) is 0. The minimum Gasteiger partial charge on any atom is -0.508 e. The summed E-state index contributed by atoms with van der Waals surface area (Å²) in [5.41, 5.74) is 1.95. The van der Waals surface area contributed by atoms with Crippen LogP contribution in [0.4, 0.5) is 0 Å². The molecule has 1 aromatic carbocycles. The second-order valence-electron chi connectivity index (χ2n) is 2.33. The molecule has 0 unspecified atom stereocenters. The Balaban J connectivity index is 3.07. The number of hydrogen-bond acceptors (Lipinski definition) is 1. The Labute approximate surface area is 60.6 Å². The van der Waals surface area contributed by atoms with E-state index in [1.807, 2.05) is 13.0 Å². The summed E-state index contributed by atoms with van der Waals surface area (Å²) >= 11 is 0. The van der Waals surface area contributed by atoms with E-state index in [2.05, 4.69) is 6.58 Å². The van der Waals surface area contributed by atoms with Gasteiger partial charge in [-0.05, 0) is 24.6 Å². The van der Waals surface area contributed by atoms with E-state index in [4.69, 9.17) is 5.11 Å². The van der Waals surface area contributed by atoms with Crippen LogP contribution in [0.3, 0.4) is 0 Å². The summed E-state index contributed by atoms with van der Waals surface area (Å²) in [5.74, 6) is 0.292. The van der Waals surface area contributed by atoms with Crippen LogP contribution in [0.25, 0.3) is 5.57 Å². The van der Waals surface area contributed by atoms with Gasteiger partial charge in [-0.2, -0.15) is 0 Å². The molecule has 52 valence electrons. The summed E-state index contributed by atoms with van der Waals surface area (Å²) in [6.45, 7) is 5.67. The van der Waals surface area contributed by atoms with Gasteiger partial charge in [0.1, 0.15) is 5.75 Å². The highest BCUT2D eigenvalue weighted by atomic mass is 16.3. The fraction of sp³-hybridized carbons (Fsp3) is 0.111. The van der Waals surface area contributed by atoms with Gasteiger partial charge in [-0.25, -0.2) is 0 Å². The Morgan fingerprint density at radius 1 is 1.50 bits per heavy atom. The molecular formula is C9H10O. The average molecular weight is 134 g/mol. The van der Waals surface area contributed by atoms with Crippen molar-refractivity contribution in [1.29, 1.82) is 0 Å². The smallest absolute Gasteiger partial charge is 0.116 e. The first kappa shape index (κ1) is 6.87. The van der Waals surface area contributed by atoms with Crippen LogP contribution in [0.15, 0.2) is 30.8 Å². The molecule has 0 atom stereocenters. The summed E-state index contributed by atoms with van der Waals surface area (Å²) < 4.78 is 0. The molecular weight excluding hydrogens is 124 g/mol. The molecule has 0 bridgehead atoms. The Morgan fingerprint density at radius 3 is 2.60 bits per heavy atom. The fourth-order valence-corrected chi connectivity index (χ4v) is 0.771. The predicted molar refractivity (Wildman–Crippen MR) is 42.8 cm³/mol. The number of rotatable bonds is 1. The van der Waals surface area contributed by atoms with Gasteiger partial charge >= 0.3 is 0 Å². The van der Waals surface area contributed by atoms with E-state index in [0.29, 0.717) is 5.75 Å². The minimum absolute atomic E-state index is 0.292. The van der Waals surface area contributed by atoms with E-state index in [0.717, 1.165) is 11.1 Å². The largest absolute Gasteiger partial charge is 0.508 e. The van der Waals surface area contributed by atoms with Crippen molar-refractivity contribution in [3.8, 4) is 5.75 Å². The minimum atomic E-state index is 0.292. The molecule has 1 rings (SSSR count). The molecule has 0 aliphatic heterocycles. The van der Waals surface area contributed by atoms with Gasteiger partial charge in [0.05, 0.1) is 0 Å². The molecule has 0 fully saturated rings. The molecule has 0 heterocycles. The highest BCUT2D eigenvalue weighted by Gasteiger charge is 1.92. The van der Waals surface area contributed by atoms with Crippen molar-refractivity contribution in [1.82, 2.24) is 0 Å².